The molecule has 178 valence electrons. The van der Waals surface area contributed by atoms with Crippen molar-refractivity contribution in [2.24, 2.45) is 0 Å². The molecule has 0 saturated heterocycles. The van der Waals surface area contributed by atoms with Crippen LogP contribution in [0.1, 0.15) is 38.1 Å². The van der Waals surface area contributed by atoms with E-state index in [9.17, 15) is 9.59 Å². The number of rotatable bonds is 10. The van der Waals surface area contributed by atoms with Gasteiger partial charge < -0.3 is 14.8 Å². The molecule has 0 bridgehead atoms. The second-order valence-corrected chi connectivity index (χ2v) is 8.42. The summed E-state index contributed by atoms with van der Waals surface area (Å²) in [4.78, 5) is 34.5. The zero-order chi connectivity index (χ0) is 24.1. The number of anilines is 2. The number of imidazole rings is 1. The normalized spacial score (nSPS) is 11.1. The number of nitrogens with zero attached hydrogens (tertiary/aromatic N) is 4. The molecule has 2 aromatic carbocycles. The van der Waals surface area contributed by atoms with E-state index < -0.39 is 11.2 Å². The van der Waals surface area contributed by atoms with Crippen LogP contribution >= 0.6 is 0 Å². The molecule has 2 aromatic heterocycles. The zero-order valence-electron chi connectivity index (χ0n) is 20.0. The number of unbranched alkanes of at least 4 members (excludes halogenated alkanes) is 1. The first kappa shape index (κ1) is 23.4. The van der Waals surface area contributed by atoms with Gasteiger partial charge in [-0.25, -0.2) is 9.78 Å². The zero-order valence-corrected chi connectivity index (χ0v) is 20.0. The maximum Gasteiger partial charge on any atom is 0.330 e. The van der Waals surface area contributed by atoms with Crippen molar-refractivity contribution in [3.63, 3.8) is 0 Å². The van der Waals surface area contributed by atoms with E-state index in [-0.39, 0.29) is 0 Å². The van der Waals surface area contributed by atoms with Gasteiger partial charge in [0.25, 0.3) is 5.56 Å². The Morgan fingerprint density at radius 3 is 2.47 bits per heavy atom. The van der Waals surface area contributed by atoms with Crippen molar-refractivity contribution in [1.29, 1.82) is 0 Å². The molecule has 0 aliphatic rings. The molecule has 2 N–H and O–H groups in total. The van der Waals surface area contributed by atoms with Gasteiger partial charge in [-0.2, -0.15) is 0 Å². The Hall–Kier alpha value is -3.81. The van der Waals surface area contributed by atoms with E-state index in [0.717, 1.165) is 36.6 Å². The van der Waals surface area contributed by atoms with Gasteiger partial charge in [0.15, 0.2) is 11.2 Å². The van der Waals surface area contributed by atoms with Gasteiger partial charge in [-0.1, -0.05) is 55.8 Å². The molecule has 0 saturated carbocycles. The van der Waals surface area contributed by atoms with Crippen molar-refractivity contribution in [3.8, 4) is 0 Å². The third-order valence-corrected chi connectivity index (χ3v) is 6.03. The van der Waals surface area contributed by atoms with Crippen molar-refractivity contribution in [3.05, 3.63) is 86.8 Å². The Labute approximate surface area is 198 Å². The van der Waals surface area contributed by atoms with Gasteiger partial charge in [-0.05, 0) is 31.0 Å². The number of nitrogens with one attached hydrogen (secondary N) is 2. The van der Waals surface area contributed by atoms with E-state index in [2.05, 4.69) is 47.4 Å². The molecule has 2 heterocycles. The molecule has 4 rings (SSSR count). The Bertz CT molecular complexity index is 1370. The van der Waals surface area contributed by atoms with Crippen LogP contribution in [0.15, 0.2) is 64.2 Å². The van der Waals surface area contributed by atoms with Crippen molar-refractivity contribution >= 4 is 22.5 Å². The number of hydrogen-bond donors (Lipinski definition) is 2. The number of H-pyrrole nitrogens is 1. The minimum atomic E-state index is -0.404. The molecule has 0 aliphatic carbocycles. The van der Waals surface area contributed by atoms with E-state index in [4.69, 9.17) is 4.98 Å². The van der Waals surface area contributed by atoms with Crippen LogP contribution < -0.4 is 21.5 Å². The quantitative estimate of drug-likeness (QED) is 0.374. The second-order valence-electron chi connectivity index (χ2n) is 8.42. The average Bonchev–Trinajstić information content (AvgIpc) is 3.22. The molecule has 0 fully saturated rings. The second kappa shape index (κ2) is 10.4. The molecular weight excluding hydrogens is 428 g/mol. The van der Waals surface area contributed by atoms with E-state index >= 15 is 0 Å². The van der Waals surface area contributed by atoms with Crippen LogP contribution in [0.5, 0.6) is 0 Å². The van der Waals surface area contributed by atoms with Crippen LogP contribution in [0.2, 0.25) is 0 Å². The summed E-state index contributed by atoms with van der Waals surface area (Å²) in [5, 5.41) is 3.50. The molecule has 0 amide bonds. The summed E-state index contributed by atoms with van der Waals surface area (Å²) in [7, 11) is 2.07. The Morgan fingerprint density at radius 1 is 1.00 bits per heavy atom. The summed E-state index contributed by atoms with van der Waals surface area (Å²) in [5.74, 6) is 0.722. The highest BCUT2D eigenvalue weighted by Crippen LogP contribution is 2.26. The third kappa shape index (κ3) is 4.76. The first-order valence-electron chi connectivity index (χ1n) is 11.8. The van der Waals surface area contributed by atoms with Gasteiger partial charge in [-0.15, -0.1) is 0 Å². The van der Waals surface area contributed by atoms with Crippen LogP contribution in [-0.2, 0) is 26.2 Å². The lowest BCUT2D eigenvalue weighted by Gasteiger charge is -2.23. The highest BCUT2D eigenvalue weighted by atomic mass is 16.2. The van der Waals surface area contributed by atoms with Gasteiger partial charge in [0.1, 0.15) is 5.82 Å². The first-order valence-corrected chi connectivity index (χ1v) is 11.8. The Balaban J connectivity index is 1.64. The van der Waals surface area contributed by atoms with Crippen molar-refractivity contribution in [2.75, 3.05) is 17.3 Å². The minimum Gasteiger partial charge on any atom is -0.376 e. The molecule has 0 atom stereocenters. The highest BCUT2D eigenvalue weighted by Gasteiger charge is 2.18. The maximum atomic E-state index is 12.7. The summed E-state index contributed by atoms with van der Waals surface area (Å²) < 4.78 is 3.47. The van der Waals surface area contributed by atoms with Crippen LogP contribution in [0.3, 0.4) is 0 Å². The molecule has 8 nitrogen and oxygen atoms in total. The number of benzene rings is 2. The smallest absolute Gasteiger partial charge is 0.330 e. The van der Waals surface area contributed by atoms with Gasteiger partial charge in [0, 0.05) is 26.7 Å². The summed E-state index contributed by atoms with van der Waals surface area (Å²) >= 11 is 0. The molecule has 0 radical (unpaired) electrons. The number of para-hydroxylation sites is 2. The number of aromatic amines is 1. The van der Waals surface area contributed by atoms with Gasteiger partial charge >= 0.3 is 5.69 Å². The van der Waals surface area contributed by atoms with Gasteiger partial charge in [0.2, 0.25) is 0 Å². The number of hydrogen-bond acceptors (Lipinski definition) is 5. The summed E-state index contributed by atoms with van der Waals surface area (Å²) in [6, 6.07) is 18.5. The van der Waals surface area contributed by atoms with E-state index in [0.29, 0.717) is 30.8 Å². The largest absolute Gasteiger partial charge is 0.376 e. The SMILES string of the molecule is CCCCn1c(=O)[nH]c(=O)c2c1nc(CNc1ccccc1N(C)Cc1ccccc1)n2CC. The fourth-order valence-corrected chi connectivity index (χ4v) is 4.29. The van der Waals surface area contributed by atoms with Crippen LogP contribution in [0.4, 0.5) is 11.4 Å². The lowest BCUT2D eigenvalue weighted by molar-refractivity contribution is 0.613. The summed E-state index contributed by atoms with van der Waals surface area (Å²) in [6.07, 6.45) is 1.79. The molecule has 0 unspecified atom stereocenters. The topological polar surface area (TPSA) is 87.9 Å². The minimum absolute atomic E-state index is 0.392. The Kier molecular flexibility index (Phi) is 7.15. The predicted octanol–water partition coefficient (Wildman–Crippen LogP) is 3.95. The van der Waals surface area contributed by atoms with Crippen molar-refractivity contribution in [2.45, 2.75) is 52.9 Å². The fraction of sp³-hybridized carbons (Fsp3) is 0.346. The van der Waals surface area contributed by atoms with E-state index in [1.165, 1.54) is 5.56 Å². The van der Waals surface area contributed by atoms with Crippen molar-refractivity contribution < 1.29 is 0 Å². The van der Waals surface area contributed by atoms with Crippen LogP contribution in [0.25, 0.3) is 11.2 Å². The van der Waals surface area contributed by atoms with E-state index in [1.54, 1.807) is 4.57 Å². The van der Waals surface area contributed by atoms with Crippen molar-refractivity contribution in [1.82, 2.24) is 19.1 Å². The molecule has 8 heteroatoms. The number of aromatic nitrogens is 4. The fourth-order valence-electron chi connectivity index (χ4n) is 4.29. The number of fused-ring (bicyclic) bond motifs is 1. The van der Waals surface area contributed by atoms with Crippen LogP contribution in [-0.4, -0.2) is 26.1 Å². The monoisotopic (exact) mass is 460 g/mol. The maximum absolute atomic E-state index is 12.7. The average molecular weight is 461 g/mol. The molecule has 0 aliphatic heterocycles. The molecular formula is C26H32N6O2. The lowest BCUT2D eigenvalue weighted by atomic mass is 10.2. The Morgan fingerprint density at radius 2 is 1.74 bits per heavy atom. The highest BCUT2D eigenvalue weighted by molar-refractivity contribution is 5.72. The summed E-state index contributed by atoms with van der Waals surface area (Å²) in [5.41, 5.74) is 3.39. The van der Waals surface area contributed by atoms with E-state index in [1.807, 2.05) is 47.9 Å². The molecule has 4 aromatic rings. The molecule has 34 heavy (non-hydrogen) atoms. The number of aryl methyl sites for hydroxylation is 2. The standard InChI is InChI=1S/C26H32N6O2/c1-4-6-16-32-24-23(25(33)29-26(32)34)31(5-2)22(28-24)17-27-20-14-10-11-15-21(20)30(3)18-19-12-8-7-9-13-19/h7-15,27H,4-6,16-18H2,1-3H3,(H,29,33,34). The molecule has 0 spiro atoms. The lowest BCUT2D eigenvalue weighted by Crippen LogP contribution is -2.31. The first-order chi connectivity index (χ1) is 16.5. The van der Waals surface area contributed by atoms with Gasteiger partial charge in [-0.3, -0.25) is 14.3 Å². The predicted molar refractivity (Wildman–Crippen MR) is 138 cm³/mol. The van der Waals surface area contributed by atoms with Crippen LogP contribution in [0, 0.1) is 0 Å². The van der Waals surface area contributed by atoms with Gasteiger partial charge in [0.05, 0.1) is 17.9 Å². The third-order valence-electron chi connectivity index (χ3n) is 6.03. The summed E-state index contributed by atoms with van der Waals surface area (Å²) in [6.45, 7) is 6.38.